The maximum Gasteiger partial charge on any atom is 0.252 e. The number of nitrogens with one attached hydrogen (secondary N) is 1. The van der Waals surface area contributed by atoms with Crippen molar-refractivity contribution in [1.29, 1.82) is 0 Å². The molecule has 1 heterocycles. The van der Waals surface area contributed by atoms with E-state index in [1.807, 2.05) is 24.3 Å². The molecule has 0 saturated heterocycles. The van der Waals surface area contributed by atoms with Gasteiger partial charge in [-0.3, -0.25) is 4.79 Å². The van der Waals surface area contributed by atoms with Crippen LogP contribution in [0.1, 0.15) is 19.8 Å². The Balaban J connectivity index is 2.38. The van der Waals surface area contributed by atoms with Crippen molar-refractivity contribution in [1.82, 2.24) is 4.98 Å². The van der Waals surface area contributed by atoms with Crippen molar-refractivity contribution in [3.05, 3.63) is 40.7 Å². The number of rotatable bonds is 4. The molecule has 0 atom stereocenters. The fourth-order valence-electron chi connectivity index (χ4n) is 1.62. The molecule has 84 valence electrons. The van der Waals surface area contributed by atoms with Crippen molar-refractivity contribution in [3.8, 4) is 5.75 Å². The SMILES string of the molecule is CCCCOc1cc(=O)[nH]c2ccccc12. The second kappa shape index (κ2) is 4.84. The predicted octanol–water partition coefficient (Wildman–Crippen LogP) is 2.71. The lowest BCUT2D eigenvalue weighted by Crippen LogP contribution is -2.07. The molecule has 3 nitrogen and oxygen atoms in total. The second-order valence-corrected chi connectivity index (χ2v) is 3.75. The number of hydrogen-bond donors (Lipinski definition) is 1. The lowest BCUT2D eigenvalue weighted by Gasteiger charge is -2.07. The molecule has 0 aliphatic carbocycles. The van der Waals surface area contributed by atoms with E-state index in [0.717, 1.165) is 23.7 Å². The number of benzene rings is 1. The first kappa shape index (κ1) is 10.7. The van der Waals surface area contributed by atoms with Crippen LogP contribution in [0.4, 0.5) is 0 Å². The maximum atomic E-state index is 11.4. The van der Waals surface area contributed by atoms with Crippen molar-refractivity contribution in [2.45, 2.75) is 19.8 Å². The summed E-state index contributed by atoms with van der Waals surface area (Å²) >= 11 is 0. The molecule has 0 fully saturated rings. The van der Waals surface area contributed by atoms with Gasteiger partial charge in [-0.25, -0.2) is 0 Å². The van der Waals surface area contributed by atoms with E-state index in [1.165, 1.54) is 6.07 Å². The first-order valence-electron chi connectivity index (χ1n) is 5.56. The molecule has 16 heavy (non-hydrogen) atoms. The van der Waals surface area contributed by atoms with E-state index in [1.54, 1.807) is 0 Å². The highest BCUT2D eigenvalue weighted by Crippen LogP contribution is 2.21. The van der Waals surface area contributed by atoms with Gasteiger partial charge in [0.25, 0.3) is 5.56 Å². The van der Waals surface area contributed by atoms with Gasteiger partial charge in [-0.2, -0.15) is 0 Å². The highest BCUT2D eigenvalue weighted by Gasteiger charge is 2.03. The molecule has 0 aliphatic rings. The van der Waals surface area contributed by atoms with E-state index in [0.29, 0.717) is 12.4 Å². The van der Waals surface area contributed by atoms with Gasteiger partial charge >= 0.3 is 0 Å². The van der Waals surface area contributed by atoms with Gasteiger partial charge < -0.3 is 9.72 Å². The quantitative estimate of drug-likeness (QED) is 0.800. The summed E-state index contributed by atoms with van der Waals surface area (Å²) in [4.78, 5) is 14.2. The number of H-pyrrole nitrogens is 1. The predicted molar refractivity (Wildman–Crippen MR) is 65.0 cm³/mol. The Morgan fingerprint density at radius 3 is 2.94 bits per heavy atom. The topological polar surface area (TPSA) is 42.1 Å². The molecule has 3 heteroatoms. The summed E-state index contributed by atoms with van der Waals surface area (Å²) in [5.74, 6) is 0.674. The van der Waals surface area contributed by atoms with Crippen LogP contribution in [0.15, 0.2) is 35.1 Å². The standard InChI is InChI=1S/C13H15NO2/c1-2-3-8-16-12-9-13(15)14-11-7-5-4-6-10(11)12/h4-7,9H,2-3,8H2,1H3,(H,14,15). The van der Waals surface area contributed by atoms with Crippen LogP contribution in [0.5, 0.6) is 5.75 Å². The van der Waals surface area contributed by atoms with E-state index in [4.69, 9.17) is 4.74 Å². The average Bonchev–Trinajstić information content (AvgIpc) is 2.29. The van der Waals surface area contributed by atoms with Gasteiger partial charge in [-0.05, 0) is 18.6 Å². The zero-order valence-electron chi connectivity index (χ0n) is 9.32. The van der Waals surface area contributed by atoms with E-state index >= 15 is 0 Å². The lowest BCUT2D eigenvalue weighted by atomic mass is 10.2. The van der Waals surface area contributed by atoms with Crippen LogP contribution < -0.4 is 10.3 Å². The van der Waals surface area contributed by atoms with Crippen LogP contribution in [0.2, 0.25) is 0 Å². The normalized spacial score (nSPS) is 10.6. The number of ether oxygens (including phenoxy) is 1. The molecule has 0 amide bonds. The molecule has 0 spiro atoms. The number of aromatic amines is 1. The molecule has 2 rings (SSSR count). The first-order valence-corrected chi connectivity index (χ1v) is 5.56. The van der Waals surface area contributed by atoms with Crippen LogP contribution in [-0.4, -0.2) is 11.6 Å². The van der Waals surface area contributed by atoms with Gasteiger partial charge in [0.1, 0.15) is 5.75 Å². The lowest BCUT2D eigenvalue weighted by molar-refractivity contribution is 0.312. The highest BCUT2D eigenvalue weighted by atomic mass is 16.5. The van der Waals surface area contributed by atoms with E-state index < -0.39 is 0 Å². The molecule has 1 aromatic heterocycles. The smallest absolute Gasteiger partial charge is 0.252 e. The minimum atomic E-state index is -0.120. The number of hydrogen-bond acceptors (Lipinski definition) is 2. The van der Waals surface area contributed by atoms with E-state index in [9.17, 15) is 4.79 Å². The zero-order chi connectivity index (χ0) is 11.4. The Morgan fingerprint density at radius 1 is 1.31 bits per heavy atom. The Kier molecular flexibility index (Phi) is 3.25. The molecule has 2 aromatic rings. The summed E-state index contributed by atoms with van der Waals surface area (Å²) < 4.78 is 5.62. The molecule has 0 saturated carbocycles. The molecule has 1 aromatic carbocycles. The first-order chi connectivity index (χ1) is 7.81. The number of fused-ring (bicyclic) bond motifs is 1. The molecular weight excluding hydrogens is 202 g/mol. The van der Waals surface area contributed by atoms with Gasteiger partial charge in [-0.1, -0.05) is 25.5 Å². The average molecular weight is 217 g/mol. The summed E-state index contributed by atoms with van der Waals surface area (Å²) in [7, 11) is 0. The second-order valence-electron chi connectivity index (χ2n) is 3.75. The number of unbranched alkanes of at least 4 members (excludes halogenated alkanes) is 1. The van der Waals surface area contributed by atoms with Gasteiger partial charge in [0, 0.05) is 11.5 Å². The van der Waals surface area contributed by atoms with Crippen molar-refractivity contribution in [2.24, 2.45) is 0 Å². The molecule has 0 unspecified atom stereocenters. The summed E-state index contributed by atoms with van der Waals surface area (Å²) in [5, 5.41) is 0.957. The Hall–Kier alpha value is -1.77. The molecule has 1 N–H and O–H groups in total. The monoisotopic (exact) mass is 217 g/mol. The van der Waals surface area contributed by atoms with Crippen LogP contribution in [0.3, 0.4) is 0 Å². The minimum Gasteiger partial charge on any atom is -0.493 e. The summed E-state index contributed by atoms with van der Waals surface area (Å²) in [6.07, 6.45) is 2.09. The van der Waals surface area contributed by atoms with Crippen molar-refractivity contribution in [3.63, 3.8) is 0 Å². The third-order valence-electron chi connectivity index (χ3n) is 2.47. The summed E-state index contributed by atoms with van der Waals surface area (Å²) in [6, 6.07) is 9.18. The van der Waals surface area contributed by atoms with E-state index in [2.05, 4.69) is 11.9 Å². The van der Waals surface area contributed by atoms with Gasteiger partial charge in [-0.15, -0.1) is 0 Å². The van der Waals surface area contributed by atoms with Crippen LogP contribution in [0, 0.1) is 0 Å². The molecule has 0 bridgehead atoms. The van der Waals surface area contributed by atoms with Crippen molar-refractivity contribution >= 4 is 10.9 Å². The summed E-state index contributed by atoms with van der Waals surface area (Å²) in [5.41, 5.74) is 0.701. The highest BCUT2D eigenvalue weighted by molar-refractivity contribution is 5.84. The van der Waals surface area contributed by atoms with Gasteiger partial charge in [0.15, 0.2) is 0 Å². The molecular formula is C13H15NO2. The zero-order valence-corrected chi connectivity index (χ0v) is 9.32. The number of aromatic nitrogens is 1. The fourth-order valence-corrected chi connectivity index (χ4v) is 1.62. The molecule has 0 radical (unpaired) electrons. The largest absolute Gasteiger partial charge is 0.493 e. The van der Waals surface area contributed by atoms with Crippen LogP contribution >= 0.6 is 0 Å². The Morgan fingerprint density at radius 2 is 2.12 bits per heavy atom. The van der Waals surface area contributed by atoms with E-state index in [-0.39, 0.29) is 5.56 Å². The molecule has 0 aliphatic heterocycles. The fraction of sp³-hybridized carbons (Fsp3) is 0.308. The van der Waals surface area contributed by atoms with Crippen molar-refractivity contribution in [2.75, 3.05) is 6.61 Å². The Labute approximate surface area is 94.1 Å². The maximum absolute atomic E-state index is 11.4. The van der Waals surface area contributed by atoms with Gasteiger partial charge in [0.05, 0.1) is 12.1 Å². The van der Waals surface area contributed by atoms with Crippen LogP contribution in [-0.2, 0) is 0 Å². The summed E-state index contributed by atoms with van der Waals surface area (Å²) in [6.45, 7) is 2.77. The van der Waals surface area contributed by atoms with Crippen molar-refractivity contribution < 1.29 is 4.74 Å². The number of pyridine rings is 1. The van der Waals surface area contributed by atoms with Crippen LogP contribution in [0.25, 0.3) is 10.9 Å². The minimum absolute atomic E-state index is 0.120. The number of para-hydroxylation sites is 1. The Bertz CT molecular complexity index is 531. The van der Waals surface area contributed by atoms with Gasteiger partial charge in [0.2, 0.25) is 0 Å². The third-order valence-corrected chi connectivity index (χ3v) is 2.47. The third kappa shape index (κ3) is 2.24.